The van der Waals surface area contributed by atoms with Gasteiger partial charge in [0.25, 0.3) is 0 Å². The van der Waals surface area contributed by atoms with Gasteiger partial charge in [0.05, 0.1) is 5.56 Å². The predicted molar refractivity (Wildman–Crippen MR) is 112 cm³/mol. The summed E-state index contributed by atoms with van der Waals surface area (Å²) in [4.78, 5) is 28.6. The summed E-state index contributed by atoms with van der Waals surface area (Å²) in [5.41, 5.74) is 1.81. The number of halogens is 1. The van der Waals surface area contributed by atoms with Crippen molar-refractivity contribution in [1.82, 2.24) is 9.80 Å². The molecule has 0 amide bonds. The number of ether oxygens (including phenoxy) is 1. The highest BCUT2D eigenvalue weighted by atomic mass is 35.5. The molecule has 0 N–H and O–H groups in total. The highest BCUT2D eigenvalue weighted by Crippen LogP contribution is 2.38. The summed E-state index contributed by atoms with van der Waals surface area (Å²) in [7, 11) is 2.15. The first kappa shape index (κ1) is 22.6. The molecule has 2 aliphatic rings. The Hall–Kier alpha value is -3.10. The minimum Gasteiger partial charge on any atom is -0.550 e. The van der Waals surface area contributed by atoms with Gasteiger partial charge in [0.15, 0.2) is 5.75 Å². The third kappa shape index (κ3) is 6.19. The van der Waals surface area contributed by atoms with Gasteiger partial charge >= 0.3 is 0 Å². The lowest BCUT2D eigenvalue weighted by atomic mass is 10.1. The Morgan fingerprint density at radius 2 is 1.65 bits per heavy atom. The van der Waals surface area contributed by atoms with Gasteiger partial charge in [0, 0.05) is 43.1 Å². The van der Waals surface area contributed by atoms with Crippen molar-refractivity contribution in [2.75, 3.05) is 33.2 Å². The highest BCUT2D eigenvalue weighted by Gasteiger charge is 2.25. The normalized spacial score (nSPS) is 15.3. The Bertz CT molecular complexity index is 973. The van der Waals surface area contributed by atoms with Gasteiger partial charge in [-0.15, -0.1) is 0 Å². The molecule has 2 heterocycles. The van der Waals surface area contributed by atoms with Crippen LogP contribution in [0.3, 0.4) is 0 Å². The number of hydrogen-bond acceptors (Lipinski definition) is 8. The van der Waals surface area contributed by atoms with Gasteiger partial charge in [-0.1, -0.05) is 23.7 Å². The lowest BCUT2D eigenvalue weighted by molar-refractivity contribution is -0.315. The van der Waals surface area contributed by atoms with E-state index in [1.165, 1.54) is 0 Å². The molecule has 0 bridgehead atoms. The van der Waals surface area contributed by atoms with Gasteiger partial charge in [-0.3, -0.25) is 0 Å². The van der Waals surface area contributed by atoms with E-state index in [0.717, 1.165) is 54.8 Å². The Morgan fingerprint density at radius 1 is 1.00 bits per heavy atom. The Balaban J connectivity index is 0.000000293. The van der Waals surface area contributed by atoms with Crippen LogP contribution in [0.15, 0.2) is 47.5 Å². The van der Waals surface area contributed by atoms with Crippen molar-refractivity contribution in [2.45, 2.75) is 12.8 Å². The molecule has 8 nitrogen and oxygen atoms in total. The molecule has 0 unspecified atom stereocenters. The number of aliphatic carboxylic acids is 2. The maximum Gasteiger partial charge on any atom is 0.153 e. The van der Waals surface area contributed by atoms with Crippen LogP contribution in [0.25, 0.3) is 0 Å². The van der Waals surface area contributed by atoms with Crippen molar-refractivity contribution in [3.8, 4) is 11.5 Å². The molecule has 0 radical (unpaired) electrons. The molecule has 0 spiro atoms. The number of fused-ring (bicyclic) bond motifs is 2. The van der Waals surface area contributed by atoms with Gasteiger partial charge < -0.3 is 34.3 Å². The quantitative estimate of drug-likeness (QED) is 0.697. The molecule has 2 aliphatic heterocycles. The SMILES string of the molecule is CN1CCN(C2=Nc3ccccc3Oc3ccc(Cl)cc32)CC1.O=C([O-])CCC(=O)[O-]. The van der Waals surface area contributed by atoms with E-state index >= 15 is 0 Å². The molecule has 164 valence electrons. The van der Waals surface area contributed by atoms with E-state index in [9.17, 15) is 19.8 Å². The van der Waals surface area contributed by atoms with Gasteiger partial charge in [0.2, 0.25) is 0 Å². The first-order chi connectivity index (χ1) is 14.8. The van der Waals surface area contributed by atoms with E-state index < -0.39 is 24.8 Å². The zero-order chi connectivity index (χ0) is 22.4. The fourth-order valence-corrected chi connectivity index (χ4v) is 3.33. The van der Waals surface area contributed by atoms with Gasteiger partial charge in [-0.05, 0) is 50.2 Å². The van der Waals surface area contributed by atoms with E-state index in [0.29, 0.717) is 5.02 Å². The molecule has 2 aromatic carbocycles. The summed E-state index contributed by atoms with van der Waals surface area (Å²) in [6, 6.07) is 13.6. The number of benzene rings is 2. The second-order valence-corrected chi connectivity index (χ2v) is 7.62. The Morgan fingerprint density at radius 3 is 2.29 bits per heavy atom. The number of carbonyl (C=O) groups is 2. The molecule has 0 atom stereocenters. The van der Waals surface area contributed by atoms with Crippen molar-refractivity contribution in [3.63, 3.8) is 0 Å². The van der Waals surface area contributed by atoms with Crippen molar-refractivity contribution >= 4 is 35.1 Å². The molecule has 0 aromatic heterocycles. The second-order valence-electron chi connectivity index (χ2n) is 7.18. The molecule has 0 saturated carbocycles. The van der Waals surface area contributed by atoms with Crippen LogP contribution in [-0.4, -0.2) is 60.8 Å². The third-order valence-corrected chi connectivity index (χ3v) is 5.07. The van der Waals surface area contributed by atoms with Crippen LogP contribution in [-0.2, 0) is 9.59 Å². The van der Waals surface area contributed by atoms with E-state index in [1.807, 2.05) is 42.5 Å². The second kappa shape index (κ2) is 10.3. The number of hydrogen-bond donors (Lipinski definition) is 0. The van der Waals surface area contributed by atoms with Crippen LogP contribution in [0.4, 0.5) is 5.69 Å². The molecule has 2 aromatic rings. The lowest BCUT2D eigenvalue weighted by Gasteiger charge is -2.34. The number of likely N-dealkylation sites (N-methyl/N-ethyl adjacent to an activating group) is 1. The smallest absolute Gasteiger partial charge is 0.153 e. The molecule has 31 heavy (non-hydrogen) atoms. The molecular formula is C22H22ClN3O5-2. The van der Waals surface area contributed by atoms with Gasteiger partial charge in [0.1, 0.15) is 17.3 Å². The van der Waals surface area contributed by atoms with E-state index in [1.54, 1.807) is 0 Å². The minimum atomic E-state index is -1.37. The number of carboxylic acids is 2. The summed E-state index contributed by atoms with van der Waals surface area (Å²) < 4.78 is 6.09. The van der Waals surface area contributed by atoms with Crippen molar-refractivity contribution in [2.24, 2.45) is 4.99 Å². The monoisotopic (exact) mass is 443 g/mol. The van der Waals surface area contributed by atoms with Crippen molar-refractivity contribution in [1.29, 1.82) is 0 Å². The maximum atomic E-state index is 9.50. The van der Waals surface area contributed by atoms with Crippen LogP contribution in [0.5, 0.6) is 11.5 Å². The zero-order valence-electron chi connectivity index (χ0n) is 17.0. The zero-order valence-corrected chi connectivity index (χ0v) is 17.8. The minimum absolute atomic E-state index is 0.470. The van der Waals surface area contributed by atoms with Crippen LogP contribution < -0.4 is 14.9 Å². The van der Waals surface area contributed by atoms with Crippen molar-refractivity contribution in [3.05, 3.63) is 53.1 Å². The summed E-state index contributed by atoms with van der Waals surface area (Å²) in [6.45, 7) is 3.95. The highest BCUT2D eigenvalue weighted by molar-refractivity contribution is 6.31. The molecule has 0 aliphatic carbocycles. The van der Waals surface area contributed by atoms with Gasteiger partial charge in [-0.25, -0.2) is 4.99 Å². The number of amidine groups is 1. The van der Waals surface area contributed by atoms with Crippen LogP contribution in [0, 0.1) is 0 Å². The fraction of sp³-hybridized carbons (Fsp3) is 0.318. The number of piperazine rings is 1. The van der Waals surface area contributed by atoms with E-state index in [2.05, 4.69) is 16.8 Å². The number of aliphatic imine (C=N–C) groups is 1. The number of carbonyl (C=O) groups excluding carboxylic acids is 2. The van der Waals surface area contributed by atoms with E-state index in [4.69, 9.17) is 21.3 Å². The number of carboxylic acid groups (broad SMARTS) is 2. The number of rotatable bonds is 3. The van der Waals surface area contributed by atoms with E-state index in [-0.39, 0.29) is 0 Å². The van der Waals surface area contributed by atoms with Crippen LogP contribution >= 0.6 is 11.6 Å². The summed E-state index contributed by atoms with van der Waals surface area (Å²) >= 11 is 6.23. The first-order valence-electron chi connectivity index (χ1n) is 9.82. The van der Waals surface area contributed by atoms with Gasteiger partial charge in [-0.2, -0.15) is 0 Å². The first-order valence-corrected chi connectivity index (χ1v) is 10.2. The Kier molecular flexibility index (Phi) is 7.49. The van der Waals surface area contributed by atoms with Crippen molar-refractivity contribution < 1.29 is 24.5 Å². The maximum absolute atomic E-state index is 9.50. The third-order valence-electron chi connectivity index (χ3n) is 4.83. The predicted octanol–water partition coefficient (Wildman–Crippen LogP) is 1.04. The lowest BCUT2D eigenvalue weighted by Crippen LogP contribution is -2.47. The number of para-hydroxylation sites is 2. The molecule has 1 fully saturated rings. The van der Waals surface area contributed by atoms with Crippen LogP contribution in [0.2, 0.25) is 5.02 Å². The molecule has 4 rings (SSSR count). The largest absolute Gasteiger partial charge is 0.550 e. The Labute approximate surface area is 185 Å². The standard InChI is InChI=1S/C18H18ClN3O.C4H6O4/c1-21-8-10-22(11-9-21)18-14-12-13(19)6-7-16(14)23-17-5-3-2-4-15(17)20-18;5-3(6)1-2-4(7)8/h2-7,12H,8-11H2,1H3;1-2H2,(H,5,6)(H,7,8)/p-2. The summed E-state index contributed by atoms with van der Waals surface area (Å²) in [5.74, 6) is -0.207. The summed E-state index contributed by atoms with van der Waals surface area (Å²) in [6.07, 6.45) is -0.940. The average Bonchev–Trinajstić information content (AvgIpc) is 2.90. The topological polar surface area (TPSA) is 108 Å². The van der Waals surface area contributed by atoms with Crippen LogP contribution in [0.1, 0.15) is 18.4 Å². The molecule has 1 saturated heterocycles. The molecular weight excluding hydrogens is 422 g/mol. The number of nitrogens with zero attached hydrogens (tertiary/aromatic N) is 3. The molecule has 9 heteroatoms. The summed E-state index contributed by atoms with van der Waals surface area (Å²) in [5, 5.41) is 19.7. The average molecular weight is 444 g/mol. The fourth-order valence-electron chi connectivity index (χ4n) is 3.16.